The number of hydrogen-bond donors (Lipinski definition) is 1. The molecule has 3 aromatic rings. The molecular weight excluding hydrogens is 507 g/mol. The third kappa shape index (κ3) is 7.45. The van der Waals surface area contributed by atoms with Gasteiger partial charge in [0.15, 0.2) is 0 Å². The number of alkyl halides is 3. The van der Waals surface area contributed by atoms with Crippen LogP contribution in [-0.2, 0) is 22.3 Å². The van der Waals surface area contributed by atoms with Gasteiger partial charge in [0.2, 0.25) is 5.91 Å². The van der Waals surface area contributed by atoms with Crippen LogP contribution in [0.5, 0.6) is 0 Å². The van der Waals surface area contributed by atoms with Crippen molar-refractivity contribution in [2.24, 2.45) is 0 Å². The van der Waals surface area contributed by atoms with E-state index in [1.54, 1.807) is 6.07 Å². The summed E-state index contributed by atoms with van der Waals surface area (Å²) in [4.78, 5) is 27.1. The molecule has 1 aliphatic carbocycles. The quantitative estimate of drug-likeness (QED) is 0.378. The normalized spacial score (nSPS) is 16.4. The van der Waals surface area contributed by atoms with Gasteiger partial charge < -0.3 is 15.0 Å². The first-order valence-corrected chi connectivity index (χ1v) is 13.6. The molecule has 1 aromatic heterocycles. The number of hydrogen-bond acceptors (Lipinski definition) is 6. The number of anilines is 1. The van der Waals surface area contributed by atoms with Crippen LogP contribution < -0.4 is 10.2 Å². The maximum Gasteiger partial charge on any atom is 0.416 e. The van der Waals surface area contributed by atoms with Crippen molar-refractivity contribution in [2.45, 2.75) is 44.3 Å². The van der Waals surface area contributed by atoms with Crippen LogP contribution in [0, 0.1) is 0 Å². The van der Waals surface area contributed by atoms with Gasteiger partial charge in [0, 0.05) is 57.0 Å². The molecule has 0 spiro atoms. The van der Waals surface area contributed by atoms with Crippen molar-refractivity contribution in [2.75, 3.05) is 50.8 Å². The lowest BCUT2D eigenvalue weighted by molar-refractivity contribution is -0.137. The second-order valence-electron chi connectivity index (χ2n) is 10.2. The van der Waals surface area contributed by atoms with Crippen LogP contribution in [-0.4, -0.2) is 66.7 Å². The molecule has 10 heteroatoms. The van der Waals surface area contributed by atoms with Crippen LogP contribution in [0.2, 0.25) is 0 Å². The highest BCUT2D eigenvalue weighted by Gasteiger charge is 2.30. The number of fused-ring (bicyclic) bond motifs is 1. The zero-order valence-corrected chi connectivity index (χ0v) is 21.9. The Hall–Kier alpha value is -3.24. The number of ether oxygens (including phenoxy) is 1. The number of amides is 1. The average Bonchev–Trinajstić information content (AvgIpc) is 3.79. The number of benzene rings is 2. The Morgan fingerprint density at radius 2 is 1.85 bits per heavy atom. The van der Waals surface area contributed by atoms with Gasteiger partial charge in [-0.2, -0.15) is 13.2 Å². The highest BCUT2D eigenvalue weighted by atomic mass is 19.4. The fraction of sp³-hybridized carbons (Fsp3) is 0.483. The minimum absolute atomic E-state index is 0.0437. The molecule has 7 nitrogen and oxygen atoms in total. The lowest BCUT2D eigenvalue weighted by Crippen LogP contribution is -2.39. The zero-order chi connectivity index (χ0) is 27.2. The van der Waals surface area contributed by atoms with E-state index in [4.69, 9.17) is 14.7 Å². The first-order chi connectivity index (χ1) is 18.9. The van der Waals surface area contributed by atoms with Crippen LogP contribution in [0.15, 0.2) is 48.5 Å². The van der Waals surface area contributed by atoms with Gasteiger partial charge in [-0.3, -0.25) is 9.69 Å². The molecule has 2 heterocycles. The Kier molecular flexibility index (Phi) is 8.62. The van der Waals surface area contributed by atoms with E-state index in [2.05, 4.69) is 15.1 Å². The zero-order valence-electron chi connectivity index (χ0n) is 21.9. The lowest BCUT2D eigenvalue weighted by atomic mass is 10.1. The molecule has 1 aliphatic heterocycles. The van der Waals surface area contributed by atoms with Crippen LogP contribution in [0.25, 0.3) is 10.9 Å². The highest BCUT2D eigenvalue weighted by molar-refractivity contribution is 5.90. The van der Waals surface area contributed by atoms with Gasteiger partial charge in [0.05, 0.1) is 24.3 Å². The standard InChI is InChI=1S/C29H34F3N5O2/c30-29(31,32)23-6-3-5-21(19-23)20-33-26(38)11-14-37(13-4-12-36-15-17-39-18-16-36)28-24-7-1-2-8-25(24)34-27(35-28)22-9-10-22/h1-3,5-8,19,22H,4,9-18,20H2,(H,33,38). The molecule has 208 valence electrons. The molecule has 1 N–H and O–H groups in total. The summed E-state index contributed by atoms with van der Waals surface area (Å²) < 4.78 is 44.6. The molecule has 0 atom stereocenters. The molecule has 2 aliphatic rings. The van der Waals surface area contributed by atoms with Crippen molar-refractivity contribution in [1.29, 1.82) is 0 Å². The fourth-order valence-electron chi connectivity index (χ4n) is 4.86. The molecule has 5 rings (SSSR count). The van der Waals surface area contributed by atoms with Gasteiger partial charge in [0.1, 0.15) is 11.6 Å². The van der Waals surface area contributed by atoms with Crippen molar-refractivity contribution in [3.8, 4) is 0 Å². The first kappa shape index (κ1) is 27.3. The Balaban J connectivity index is 1.27. The van der Waals surface area contributed by atoms with Crippen LogP contribution >= 0.6 is 0 Å². The molecule has 1 amide bonds. The van der Waals surface area contributed by atoms with Crippen LogP contribution in [0.1, 0.15) is 48.6 Å². The van der Waals surface area contributed by atoms with Crippen molar-refractivity contribution in [3.63, 3.8) is 0 Å². The summed E-state index contributed by atoms with van der Waals surface area (Å²) in [6.07, 6.45) is -1.13. The van der Waals surface area contributed by atoms with Crippen LogP contribution in [0.3, 0.4) is 0 Å². The average molecular weight is 542 g/mol. The summed E-state index contributed by atoms with van der Waals surface area (Å²) >= 11 is 0. The van der Waals surface area contributed by atoms with Crippen LogP contribution in [0.4, 0.5) is 19.0 Å². The summed E-state index contributed by atoms with van der Waals surface area (Å²) in [5.41, 5.74) is 0.593. The maximum atomic E-state index is 13.0. The topological polar surface area (TPSA) is 70.6 Å². The molecule has 1 saturated carbocycles. The summed E-state index contributed by atoms with van der Waals surface area (Å²) in [7, 11) is 0. The predicted octanol–water partition coefficient (Wildman–Crippen LogP) is 4.76. The summed E-state index contributed by atoms with van der Waals surface area (Å²) in [5.74, 6) is 1.87. The fourth-order valence-corrected chi connectivity index (χ4v) is 4.86. The van der Waals surface area contributed by atoms with Gasteiger partial charge in [-0.05, 0) is 49.1 Å². The number of nitrogens with one attached hydrogen (secondary N) is 1. The smallest absolute Gasteiger partial charge is 0.379 e. The Bertz CT molecular complexity index is 1280. The van der Waals surface area contributed by atoms with Gasteiger partial charge in [-0.15, -0.1) is 0 Å². The molecule has 0 bridgehead atoms. The number of aromatic nitrogens is 2. The predicted molar refractivity (Wildman–Crippen MR) is 144 cm³/mol. The van der Waals surface area contributed by atoms with Gasteiger partial charge >= 0.3 is 6.18 Å². The number of carbonyl (C=O) groups excluding carboxylic acids is 1. The highest BCUT2D eigenvalue weighted by Crippen LogP contribution is 2.40. The second-order valence-corrected chi connectivity index (χ2v) is 10.2. The number of rotatable bonds is 11. The molecule has 0 unspecified atom stereocenters. The summed E-state index contributed by atoms with van der Waals surface area (Å²) in [5, 5.41) is 3.74. The van der Waals surface area contributed by atoms with E-state index in [1.807, 2.05) is 24.3 Å². The monoisotopic (exact) mass is 541 g/mol. The van der Waals surface area contributed by atoms with Gasteiger partial charge in [-0.25, -0.2) is 9.97 Å². The number of carbonyl (C=O) groups is 1. The van der Waals surface area contributed by atoms with E-state index in [0.717, 1.165) is 93.3 Å². The van der Waals surface area contributed by atoms with Crippen molar-refractivity contribution in [1.82, 2.24) is 20.2 Å². The third-order valence-corrected chi connectivity index (χ3v) is 7.20. The van der Waals surface area contributed by atoms with Crippen molar-refractivity contribution in [3.05, 3.63) is 65.5 Å². The lowest BCUT2D eigenvalue weighted by Gasteiger charge is -2.29. The van der Waals surface area contributed by atoms with Gasteiger partial charge in [-0.1, -0.05) is 24.3 Å². The number of nitrogens with zero attached hydrogens (tertiary/aromatic N) is 4. The Morgan fingerprint density at radius 1 is 1.05 bits per heavy atom. The largest absolute Gasteiger partial charge is 0.416 e. The molecule has 2 fully saturated rings. The molecule has 1 saturated heterocycles. The molecule has 39 heavy (non-hydrogen) atoms. The van der Waals surface area contributed by atoms with E-state index in [9.17, 15) is 18.0 Å². The SMILES string of the molecule is O=C(CCN(CCCN1CCOCC1)c1nc(C2CC2)nc2ccccc12)NCc1cccc(C(F)(F)F)c1. The molecular formula is C29H34F3N5O2. The maximum absolute atomic E-state index is 13.0. The minimum atomic E-state index is -4.42. The summed E-state index contributed by atoms with van der Waals surface area (Å²) in [6, 6.07) is 13.0. The van der Waals surface area contributed by atoms with E-state index in [1.165, 1.54) is 6.07 Å². The number of para-hydroxylation sites is 1. The minimum Gasteiger partial charge on any atom is -0.379 e. The number of morpholine rings is 1. The Morgan fingerprint density at radius 3 is 2.62 bits per heavy atom. The van der Waals surface area contributed by atoms with E-state index < -0.39 is 11.7 Å². The van der Waals surface area contributed by atoms with Crippen molar-refractivity contribution >= 4 is 22.6 Å². The van der Waals surface area contributed by atoms with E-state index in [0.29, 0.717) is 18.0 Å². The third-order valence-electron chi connectivity index (χ3n) is 7.20. The van der Waals surface area contributed by atoms with Crippen molar-refractivity contribution < 1.29 is 22.7 Å². The Labute approximate surface area is 226 Å². The van der Waals surface area contributed by atoms with E-state index >= 15 is 0 Å². The van der Waals surface area contributed by atoms with Gasteiger partial charge in [0.25, 0.3) is 0 Å². The first-order valence-electron chi connectivity index (χ1n) is 13.6. The second kappa shape index (κ2) is 12.3. The van der Waals surface area contributed by atoms with E-state index in [-0.39, 0.29) is 18.9 Å². The molecule has 2 aromatic carbocycles. The summed E-state index contributed by atoms with van der Waals surface area (Å²) in [6.45, 7) is 5.47. The number of halogens is 3. The molecule has 0 radical (unpaired) electrons.